The normalized spacial score (nSPS) is 25.0. The molecule has 2 atom stereocenters. The molecule has 0 radical (unpaired) electrons. The Morgan fingerprint density at radius 2 is 2.29 bits per heavy atom. The summed E-state index contributed by atoms with van der Waals surface area (Å²) in [4.78, 5) is 5.45. The van der Waals surface area contributed by atoms with E-state index in [4.69, 9.17) is 11.8 Å². The molecule has 0 amide bonds. The molecule has 6 nitrogen and oxygen atoms in total. The average molecular weight is 449 g/mol. The number of sulfonamides is 1. The van der Waals surface area contributed by atoms with E-state index in [2.05, 4.69) is 15.2 Å². The molecule has 11 heteroatoms. The van der Waals surface area contributed by atoms with Gasteiger partial charge in [0, 0.05) is 47.7 Å². The number of benzene rings is 1. The number of thiazole rings is 1. The van der Waals surface area contributed by atoms with E-state index in [1.807, 2.05) is 0 Å². The molecule has 0 saturated carbocycles. The van der Waals surface area contributed by atoms with Gasteiger partial charge in [0.2, 0.25) is 5.13 Å². The number of halogens is 3. The quantitative estimate of drug-likeness (QED) is 0.684. The molecule has 2 fully saturated rings. The summed E-state index contributed by atoms with van der Waals surface area (Å²) in [5.41, 5.74) is 0.189. The van der Waals surface area contributed by atoms with Crippen LogP contribution in [0.2, 0.25) is 0 Å². The monoisotopic (exact) mass is 448 g/mol. The van der Waals surface area contributed by atoms with E-state index in [0.29, 0.717) is 29.0 Å². The van der Waals surface area contributed by atoms with Crippen molar-refractivity contribution < 1.29 is 17.2 Å². The molecule has 0 bridgehead atoms. The zero-order valence-corrected chi connectivity index (χ0v) is 17.2. The van der Waals surface area contributed by atoms with Crippen molar-refractivity contribution >= 4 is 44.0 Å². The van der Waals surface area contributed by atoms with E-state index in [0.717, 1.165) is 36.8 Å². The second-order valence-corrected chi connectivity index (χ2v) is 10.3. The third-order valence-corrected chi connectivity index (χ3v) is 8.53. The van der Waals surface area contributed by atoms with E-state index in [1.54, 1.807) is 5.38 Å². The van der Waals surface area contributed by atoms with Gasteiger partial charge in [-0.2, -0.15) is 8.42 Å². The molecule has 28 heavy (non-hydrogen) atoms. The van der Waals surface area contributed by atoms with Crippen molar-refractivity contribution in [2.75, 3.05) is 28.8 Å². The molecule has 1 aromatic heterocycles. The topological polar surface area (TPSA) is 65.5 Å². The largest absolute Gasteiger partial charge is 0.383 e. The summed E-state index contributed by atoms with van der Waals surface area (Å²) in [6, 6.07) is 3.78. The maximum Gasteiger partial charge on any atom is 0.283 e. The number of hydrogen-bond donors (Lipinski definition) is 1. The van der Waals surface area contributed by atoms with Crippen LogP contribution < -0.4 is 9.14 Å². The Hall–Kier alpha value is -1.49. The van der Waals surface area contributed by atoms with Crippen LogP contribution in [0.15, 0.2) is 34.7 Å². The van der Waals surface area contributed by atoms with Crippen LogP contribution in [0.1, 0.15) is 19.3 Å². The Morgan fingerprint density at radius 1 is 1.46 bits per heavy atom. The van der Waals surface area contributed by atoms with Crippen molar-refractivity contribution in [3.8, 4) is 0 Å². The molecule has 1 aromatic carbocycles. The zero-order chi connectivity index (χ0) is 19.9. The van der Waals surface area contributed by atoms with E-state index in [9.17, 15) is 17.2 Å². The molecule has 1 N–H and O–H groups in total. The summed E-state index contributed by atoms with van der Waals surface area (Å²) in [6.45, 7) is 1.80. The van der Waals surface area contributed by atoms with Crippen molar-refractivity contribution in [3.05, 3.63) is 35.6 Å². The highest BCUT2D eigenvalue weighted by atomic mass is 35.5. The summed E-state index contributed by atoms with van der Waals surface area (Å²) in [6.07, 6.45) is 2.94. The molecule has 2 saturated heterocycles. The van der Waals surface area contributed by atoms with Gasteiger partial charge in [-0.3, -0.25) is 4.90 Å². The minimum atomic E-state index is -4.28. The van der Waals surface area contributed by atoms with Gasteiger partial charge in [-0.25, -0.2) is 13.8 Å². The molecule has 0 spiro atoms. The highest BCUT2D eigenvalue weighted by molar-refractivity contribution is 7.94. The van der Waals surface area contributed by atoms with Crippen molar-refractivity contribution in [2.24, 2.45) is 0 Å². The lowest BCUT2D eigenvalue weighted by Gasteiger charge is -2.32. The minimum Gasteiger partial charge on any atom is -0.383 e. The lowest BCUT2D eigenvalue weighted by molar-refractivity contribution is 0.209. The van der Waals surface area contributed by atoms with Crippen LogP contribution in [0.4, 0.5) is 19.6 Å². The van der Waals surface area contributed by atoms with Crippen molar-refractivity contribution in [2.45, 2.75) is 35.9 Å². The summed E-state index contributed by atoms with van der Waals surface area (Å²) < 4.78 is 54.0. The fraction of sp³-hybridized carbons (Fsp3) is 0.471. The summed E-state index contributed by atoms with van der Waals surface area (Å²) in [5.74, 6) is -0.914. The van der Waals surface area contributed by atoms with Gasteiger partial charge in [-0.1, -0.05) is 0 Å². The second kappa shape index (κ2) is 7.40. The molecule has 0 aliphatic carbocycles. The van der Waals surface area contributed by atoms with Gasteiger partial charge >= 0.3 is 0 Å². The van der Waals surface area contributed by atoms with E-state index < -0.39 is 26.9 Å². The molecule has 2 aliphatic heterocycles. The maximum atomic E-state index is 14.6. The smallest absolute Gasteiger partial charge is 0.283 e. The summed E-state index contributed by atoms with van der Waals surface area (Å²) in [5, 5.41) is 4.75. The van der Waals surface area contributed by atoms with Gasteiger partial charge in [-0.05, 0) is 44.0 Å². The number of nitrogens with one attached hydrogen (secondary N) is 1. The first-order valence-corrected chi connectivity index (χ1v) is 11.5. The van der Waals surface area contributed by atoms with Crippen LogP contribution in [0.25, 0.3) is 0 Å². The van der Waals surface area contributed by atoms with Gasteiger partial charge in [0.05, 0.1) is 0 Å². The van der Waals surface area contributed by atoms with Gasteiger partial charge in [-0.15, -0.1) is 15.2 Å². The SMILES string of the molecule is O=S(=O)(c1ccc(NC[C@@]23CCCN2C[C@H](F)C3)cc1F)N(Cl)c1nccs1. The van der Waals surface area contributed by atoms with E-state index in [-0.39, 0.29) is 10.7 Å². The molecule has 2 aliphatic rings. The third kappa shape index (κ3) is 3.47. The van der Waals surface area contributed by atoms with Gasteiger partial charge in [0.1, 0.15) is 16.9 Å². The summed E-state index contributed by atoms with van der Waals surface area (Å²) >= 11 is 6.90. The second-order valence-electron chi connectivity index (χ2n) is 7.11. The van der Waals surface area contributed by atoms with Crippen LogP contribution in [0, 0.1) is 5.82 Å². The Balaban J connectivity index is 1.51. The lowest BCUT2D eigenvalue weighted by Crippen LogP contribution is -2.44. The average Bonchev–Trinajstić information content (AvgIpc) is 3.35. The number of aromatic nitrogens is 1. The third-order valence-electron chi connectivity index (χ3n) is 5.37. The van der Waals surface area contributed by atoms with Crippen LogP contribution >= 0.6 is 23.1 Å². The molecule has 152 valence electrons. The van der Waals surface area contributed by atoms with Crippen LogP contribution in [-0.4, -0.2) is 49.6 Å². The van der Waals surface area contributed by atoms with Crippen molar-refractivity contribution in [1.29, 1.82) is 0 Å². The molecule has 0 unspecified atom stereocenters. The molecular weight excluding hydrogens is 430 g/mol. The number of nitrogens with zero attached hydrogens (tertiary/aromatic N) is 3. The number of rotatable bonds is 6. The Labute approximate surface area is 171 Å². The predicted octanol–water partition coefficient (Wildman–Crippen LogP) is 3.62. The van der Waals surface area contributed by atoms with E-state index >= 15 is 0 Å². The zero-order valence-electron chi connectivity index (χ0n) is 14.8. The van der Waals surface area contributed by atoms with Crippen LogP contribution in [-0.2, 0) is 10.0 Å². The van der Waals surface area contributed by atoms with Crippen LogP contribution in [0.5, 0.6) is 0 Å². The lowest BCUT2D eigenvalue weighted by atomic mass is 9.93. The Bertz CT molecular complexity index is 960. The van der Waals surface area contributed by atoms with Gasteiger partial charge in [0.15, 0.2) is 0 Å². The molecule has 2 aromatic rings. The predicted molar refractivity (Wildman–Crippen MR) is 106 cm³/mol. The Morgan fingerprint density at radius 3 is 3.00 bits per heavy atom. The fourth-order valence-corrected chi connectivity index (χ4v) is 6.31. The maximum absolute atomic E-state index is 14.6. The highest BCUT2D eigenvalue weighted by Crippen LogP contribution is 2.40. The standard InChI is InChI=1S/C17H19ClF2N4O2S2/c18-24(16-21-5-7-27-16)28(25,26)15-3-2-13(8-14(15)20)22-11-17-4-1-6-23(17)10-12(19)9-17/h2-3,5,7-8,12,22H,1,4,6,9-11H2/t12-,17+/m1/s1. The Kier molecular flexibility index (Phi) is 5.24. The fourth-order valence-electron chi connectivity index (χ4n) is 4.08. The minimum absolute atomic E-state index is 0.0331. The molecule has 4 rings (SSSR count). The van der Waals surface area contributed by atoms with Crippen molar-refractivity contribution in [3.63, 3.8) is 0 Å². The first-order chi connectivity index (χ1) is 13.3. The number of anilines is 2. The van der Waals surface area contributed by atoms with Crippen molar-refractivity contribution in [1.82, 2.24) is 9.88 Å². The first-order valence-electron chi connectivity index (χ1n) is 8.85. The number of alkyl halides is 1. The number of hydrogen-bond acceptors (Lipinski definition) is 6. The molecular formula is C17H19ClF2N4O2S2. The molecule has 3 heterocycles. The van der Waals surface area contributed by atoms with Gasteiger partial charge in [0.25, 0.3) is 10.0 Å². The van der Waals surface area contributed by atoms with Crippen LogP contribution in [0.3, 0.4) is 0 Å². The van der Waals surface area contributed by atoms with Gasteiger partial charge < -0.3 is 5.32 Å². The number of fused-ring (bicyclic) bond motifs is 1. The highest BCUT2D eigenvalue weighted by Gasteiger charge is 2.48. The first kappa shape index (κ1) is 19.8. The van der Waals surface area contributed by atoms with E-state index in [1.165, 1.54) is 18.3 Å². The summed E-state index contributed by atoms with van der Waals surface area (Å²) in [7, 11) is -4.28.